The summed E-state index contributed by atoms with van der Waals surface area (Å²) in [6.45, 7) is 2.72. The molecule has 0 spiro atoms. The molecule has 12 unspecified atom stereocenters. The molecule has 414 valence electrons. The van der Waals surface area contributed by atoms with Gasteiger partial charge in [-0.05, 0) is 64.2 Å². The summed E-state index contributed by atoms with van der Waals surface area (Å²) in [5.74, 6) is -0.252. The second-order valence-electron chi connectivity index (χ2n) is 20.1. The van der Waals surface area contributed by atoms with Crippen LogP contribution < -0.4 is 5.32 Å². The van der Waals surface area contributed by atoms with Gasteiger partial charge in [-0.25, -0.2) is 0 Å². The van der Waals surface area contributed by atoms with Crippen LogP contribution in [0.2, 0.25) is 0 Å². The molecule has 0 saturated carbocycles. The van der Waals surface area contributed by atoms with E-state index in [9.17, 15) is 45.6 Å². The number of nitrogens with one attached hydrogen (secondary N) is 1. The van der Waals surface area contributed by atoms with Crippen molar-refractivity contribution in [1.82, 2.24) is 5.32 Å². The summed E-state index contributed by atoms with van der Waals surface area (Å²) < 4.78 is 22.7. The third-order valence-corrected chi connectivity index (χ3v) is 13.7. The van der Waals surface area contributed by atoms with Crippen LogP contribution in [0.5, 0.6) is 0 Å². The number of amides is 1. The van der Waals surface area contributed by atoms with Gasteiger partial charge in [-0.1, -0.05) is 191 Å². The van der Waals surface area contributed by atoms with E-state index in [4.69, 9.17) is 18.9 Å². The fourth-order valence-corrected chi connectivity index (χ4v) is 9.10. The normalized spacial score (nSPS) is 26.1. The number of hydrogen-bond acceptors (Lipinski definition) is 13. The van der Waals surface area contributed by atoms with Crippen LogP contribution in [0.25, 0.3) is 0 Å². The van der Waals surface area contributed by atoms with Crippen LogP contribution in [0.1, 0.15) is 213 Å². The van der Waals surface area contributed by atoms with Crippen LogP contribution in [0.3, 0.4) is 0 Å². The van der Waals surface area contributed by atoms with Gasteiger partial charge in [-0.15, -0.1) is 0 Å². The molecule has 2 saturated heterocycles. The Bertz CT molecular complexity index is 1380. The van der Waals surface area contributed by atoms with Gasteiger partial charge >= 0.3 is 0 Å². The number of rotatable bonds is 44. The summed E-state index contributed by atoms with van der Waals surface area (Å²) in [5.41, 5.74) is 0. The van der Waals surface area contributed by atoms with Gasteiger partial charge in [0.15, 0.2) is 12.6 Å². The molecule has 0 aromatic carbocycles. The Morgan fingerprint density at radius 3 is 1.48 bits per heavy atom. The number of unbranched alkanes of at least 4 members (excludes halogenated alkanes) is 25. The largest absolute Gasteiger partial charge is 0.394 e. The van der Waals surface area contributed by atoms with Crippen molar-refractivity contribution in [3.8, 4) is 0 Å². The standard InChI is InChI=1S/C57H103NO13/c1-3-5-7-9-11-13-15-16-17-18-19-20-21-22-23-24-25-26-27-28-29-30-31-33-35-37-39-41-49(62)58-45(46(61)40-38-36-34-32-14-12-10-8-6-4-2)44-68-56-54(67)52(65)55(48(43-60)70-56)71-57-53(66)51(64)50(63)47(42-59)69-57/h14-16,18-19,32,38,40,45-48,50-57,59-61,63-67H,3-13,17,20-31,33-37,39,41-44H2,1-2H3,(H,58,62)/b16-15-,19-18-,32-14+,40-38+. The summed E-state index contributed by atoms with van der Waals surface area (Å²) in [5, 5.41) is 86.7. The molecule has 12 atom stereocenters. The van der Waals surface area contributed by atoms with Crippen molar-refractivity contribution in [2.45, 2.75) is 286 Å². The minimum atomic E-state index is -1.79. The lowest BCUT2D eigenvalue weighted by Gasteiger charge is -2.46. The molecule has 0 bridgehead atoms. The van der Waals surface area contributed by atoms with Crippen LogP contribution >= 0.6 is 0 Å². The van der Waals surface area contributed by atoms with E-state index >= 15 is 0 Å². The zero-order valence-corrected chi connectivity index (χ0v) is 44.2. The SMILES string of the molecule is CCCCCC/C=C/CC/C=C/C(O)C(COC1OC(CO)C(OC2OC(CO)C(O)C(O)C2O)C(O)C1O)NC(=O)CCCCCCCCCCCCCCCCC/C=C\C/C=C\CCCCCCC. The molecule has 0 radical (unpaired) electrons. The number of allylic oxidation sites excluding steroid dienone is 7. The predicted octanol–water partition coefficient (Wildman–Crippen LogP) is 8.83. The van der Waals surface area contributed by atoms with Crippen LogP contribution in [-0.2, 0) is 23.7 Å². The summed E-state index contributed by atoms with van der Waals surface area (Å²) >= 11 is 0. The van der Waals surface area contributed by atoms with E-state index in [1.807, 2.05) is 6.08 Å². The van der Waals surface area contributed by atoms with E-state index in [0.717, 1.165) is 38.5 Å². The molecule has 2 rings (SSSR count). The molecule has 0 aromatic rings. The van der Waals surface area contributed by atoms with Crippen LogP contribution in [-0.4, -0.2) is 140 Å². The molecule has 2 aliphatic heterocycles. The Kier molecular flexibility index (Phi) is 39.6. The Balaban J connectivity index is 1.69. The van der Waals surface area contributed by atoms with Gasteiger partial charge in [-0.2, -0.15) is 0 Å². The van der Waals surface area contributed by atoms with Crippen molar-refractivity contribution < 1.29 is 64.6 Å². The first-order valence-corrected chi connectivity index (χ1v) is 28.4. The van der Waals surface area contributed by atoms with Crippen molar-refractivity contribution in [2.75, 3.05) is 19.8 Å². The molecule has 1 amide bonds. The van der Waals surface area contributed by atoms with Crippen molar-refractivity contribution in [2.24, 2.45) is 0 Å². The number of ether oxygens (including phenoxy) is 4. The lowest BCUT2D eigenvalue weighted by Crippen LogP contribution is -2.65. The highest BCUT2D eigenvalue weighted by atomic mass is 16.7. The smallest absolute Gasteiger partial charge is 0.220 e. The maximum Gasteiger partial charge on any atom is 0.220 e. The molecule has 14 nitrogen and oxygen atoms in total. The van der Waals surface area contributed by atoms with Crippen molar-refractivity contribution >= 4 is 5.91 Å². The molecule has 2 aliphatic rings. The van der Waals surface area contributed by atoms with Gasteiger partial charge < -0.3 is 65.1 Å². The highest BCUT2D eigenvalue weighted by Crippen LogP contribution is 2.30. The second-order valence-corrected chi connectivity index (χ2v) is 20.1. The lowest BCUT2D eigenvalue weighted by molar-refractivity contribution is -0.359. The quantitative estimate of drug-likeness (QED) is 0.0206. The Morgan fingerprint density at radius 2 is 0.944 bits per heavy atom. The molecule has 71 heavy (non-hydrogen) atoms. The van der Waals surface area contributed by atoms with Crippen molar-refractivity contribution in [3.63, 3.8) is 0 Å². The first-order valence-electron chi connectivity index (χ1n) is 28.4. The zero-order chi connectivity index (χ0) is 51.7. The number of aliphatic hydroxyl groups is 8. The molecular formula is C57H103NO13. The topological polar surface area (TPSA) is 228 Å². The molecule has 0 aromatic heterocycles. The van der Waals surface area contributed by atoms with E-state index in [-0.39, 0.29) is 18.9 Å². The lowest BCUT2D eigenvalue weighted by atomic mass is 9.97. The van der Waals surface area contributed by atoms with E-state index in [2.05, 4.69) is 55.6 Å². The number of carbonyl (C=O) groups excluding carboxylic acids is 1. The molecule has 2 fully saturated rings. The molecule has 0 aliphatic carbocycles. The van der Waals surface area contributed by atoms with Crippen LogP contribution in [0.15, 0.2) is 48.6 Å². The first-order chi connectivity index (χ1) is 34.6. The average Bonchev–Trinajstić information content (AvgIpc) is 3.37. The van der Waals surface area contributed by atoms with Crippen molar-refractivity contribution in [1.29, 1.82) is 0 Å². The van der Waals surface area contributed by atoms with Gasteiger partial charge in [0, 0.05) is 6.42 Å². The van der Waals surface area contributed by atoms with Gasteiger partial charge in [-0.3, -0.25) is 4.79 Å². The third-order valence-electron chi connectivity index (χ3n) is 13.7. The summed E-state index contributed by atoms with van der Waals surface area (Å²) in [4.78, 5) is 13.2. The number of hydrogen-bond donors (Lipinski definition) is 9. The first kappa shape index (κ1) is 65.1. The van der Waals surface area contributed by atoms with E-state index < -0.39 is 86.8 Å². The van der Waals surface area contributed by atoms with Gasteiger partial charge in [0.25, 0.3) is 0 Å². The minimum Gasteiger partial charge on any atom is -0.394 e. The summed E-state index contributed by atoms with van der Waals surface area (Å²) in [6.07, 6.45) is 36.1. The monoisotopic (exact) mass is 1010 g/mol. The fraction of sp³-hybridized carbons (Fsp3) is 0.842. The zero-order valence-electron chi connectivity index (χ0n) is 44.2. The third kappa shape index (κ3) is 29.6. The number of carbonyl (C=O) groups is 1. The average molecular weight is 1010 g/mol. The fourth-order valence-electron chi connectivity index (χ4n) is 9.10. The highest BCUT2D eigenvalue weighted by Gasteiger charge is 2.51. The van der Waals surface area contributed by atoms with Crippen molar-refractivity contribution in [3.05, 3.63) is 48.6 Å². The Hall–Kier alpha value is -2.05. The van der Waals surface area contributed by atoms with Gasteiger partial charge in [0.1, 0.15) is 48.8 Å². The Morgan fingerprint density at radius 1 is 0.507 bits per heavy atom. The summed E-state index contributed by atoms with van der Waals surface area (Å²) in [6, 6.07) is -0.929. The second kappa shape index (κ2) is 43.2. The Labute approximate surface area is 429 Å². The minimum absolute atomic E-state index is 0.252. The predicted molar refractivity (Wildman–Crippen MR) is 281 cm³/mol. The maximum atomic E-state index is 13.2. The van der Waals surface area contributed by atoms with Crippen LogP contribution in [0.4, 0.5) is 0 Å². The number of aliphatic hydroxyl groups excluding tert-OH is 8. The molecule has 2 heterocycles. The van der Waals surface area contributed by atoms with Gasteiger partial charge in [0.2, 0.25) is 5.91 Å². The molecule has 9 N–H and O–H groups in total. The van der Waals surface area contributed by atoms with E-state index in [1.165, 1.54) is 141 Å². The molecular weight excluding hydrogens is 907 g/mol. The van der Waals surface area contributed by atoms with Crippen LogP contribution in [0, 0.1) is 0 Å². The summed E-state index contributed by atoms with van der Waals surface area (Å²) in [7, 11) is 0. The highest BCUT2D eigenvalue weighted by molar-refractivity contribution is 5.76. The van der Waals surface area contributed by atoms with E-state index in [0.29, 0.717) is 12.8 Å². The molecule has 14 heteroatoms. The van der Waals surface area contributed by atoms with E-state index in [1.54, 1.807) is 6.08 Å². The maximum absolute atomic E-state index is 13.2. The van der Waals surface area contributed by atoms with Gasteiger partial charge in [0.05, 0.1) is 32.0 Å².